The van der Waals surface area contributed by atoms with E-state index in [2.05, 4.69) is 19.2 Å². The van der Waals surface area contributed by atoms with Gasteiger partial charge in [-0.3, -0.25) is 4.79 Å². The Morgan fingerprint density at radius 1 is 1.33 bits per heavy atom. The molecule has 1 amide bonds. The number of amides is 1. The van der Waals surface area contributed by atoms with E-state index in [0.717, 1.165) is 41.4 Å². The zero-order chi connectivity index (χ0) is 16.4. The lowest BCUT2D eigenvalue weighted by Crippen LogP contribution is -2.51. The number of piperazine rings is 1. The second-order valence-electron chi connectivity index (χ2n) is 5.92. The number of ether oxygens (including phenoxy) is 1. The fourth-order valence-corrected chi connectivity index (χ4v) is 3.93. The Morgan fingerprint density at radius 2 is 2.04 bits per heavy atom. The number of carbonyl (C=O) groups excluding carboxylic acids is 1. The minimum absolute atomic E-state index is 0. The Bertz CT molecular complexity index is 700. The van der Waals surface area contributed by atoms with E-state index < -0.39 is 0 Å². The highest BCUT2D eigenvalue weighted by Crippen LogP contribution is 2.32. The highest BCUT2D eigenvalue weighted by Gasteiger charge is 2.23. The number of halogens is 1. The van der Waals surface area contributed by atoms with Crippen molar-refractivity contribution in [3.8, 4) is 16.9 Å². The van der Waals surface area contributed by atoms with E-state index in [4.69, 9.17) is 4.74 Å². The fraction of sp³-hybridized carbons (Fsp3) is 0.389. The average molecular weight is 367 g/mol. The molecule has 24 heavy (non-hydrogen) atoms. The third-order valence-electron chi connectivity index (χ3n) is 4.19. The third kappa shape index (κ3) is 3.91. The van der Waals surface area contributed by atoms with Crippen molar-refractivity contribution in [2.75, 3.05) is 26.7 Å². The monoisotopic (exact) mass is 366 g/mol. The molecule has 1 atom stereocenters. The molecule has 2 heterocycles. The number of hydrogen-bond donors (Lipinski definition) is 1. The van der Waals surface area contributed by atoms with Gasteiger partial charge in [0.25, 0.3) is 5.91 Å². The van der Waals surface area contributed by atoms with E-state index >= 15 is 0 Å². The van der Waals surface area contributed by atoms with Crippen LogP contribution in [0.4, 0.5) is 0 Å². The summed E-state index contributed by atoms with van der Waals surface area (Å²) in [6, 6.07) is 10.4. The van der Waals surface area contributed by atoms with Crippen molar-refractivity contribution in [3.63, 3.8) is 0 Å². The van der Waals surface area contributed by atoms with Gasteiger partial charge in [-0.25, -0.2) is 0 Å². The van der Waals surface area contributed by atoms with Crippen LogP contribution in [0.2, 0.25) is 0 Å². The first-order valence-corrected chi connectivity index (χ1v) is 8.67. The van der Waals surface area contributed by atoms with Crippen molar-refractivity contribution in [3.05, 3.63) is 40.1 Å². The molecule has 4 nitrogen and oxygen atoms in total. The van der Waals surface area contributed by atoms with E-state index in [1.54, 1.807) is 18.4 Å². The van der Waals surface area contributed by atoms with Gasteiger partial charge in [0.15, 0.2) is 0 Å². The first-order valence-electron chi connectivity index (χ1n) is 7.86. The summed E-state index contributed by atoms with van der Waals surface area (Å²) in [6.07, 6.45) is 0. The molecule has 2 aromatic rings. The maximum absolute atomic E-state index is 12.7. The largest absolute Gasteiger partial charge is 0.497 e. The lowest BCUT2D eigenvalue weighted by Gasteiger charge is -2.31. The van der Waals surface area contributed by atoms with Crippen LogP contribution in [0.15, 0.2) is 30.3 Å². The zero-order valence-electron chi connectivity index (χ0n) is 14.2. The normalized spacial score (nSPS) is 17.3. The van der Waals surface area contributed by atoms with Gasteiger partial charge in [-0.1, -0.05) is 12.1 Å². The van der Waals surface area contributed by atoms with E-state index in [1.165, 1.54) is 4.88 Å². The van der Waals surface area contributed by atoms with Crippen LogP contribution in [0.1, 0.15) is 21.5 Å². The molecule has 6 heteroatoms. The molecule has 0 radical (unpaired) electrons. The van der Waals surface area contributed by atoms with Crippen molar-refractivity contribution >= 4 is 29.7 Å². The maximum atomic E-state index is 12.7. The van der Waals surface area contributed by atoms with Crippen molar-refractivity contribution in [1.82, 2.24) is 10.2 Å². The molecule has 1 aromatic carbocycles. The molecule has 130 valence electrons. The summed E-state index contributed by atoms with van der Waals surface area (Å²) in [5.74, 6) is 0.985. The molecule has 3 rings (SSSR count). The average Bonchev–Trinajstić information content (AvgIpc) is 2.96. The van der Waals surface area contributed by atoms with Crippen LogP contribution >= 0.6 is 23.7 Å². The molecular weight excluding hydrogens is 344 g/mol. The number of carbonyl (C=O) groups is 1. The topological polar surface area (TPSA) is 41.6 Å². The Kier molecular flexibility index (Phi) is 6.27. The number of rotatable bonds is 3. The molecule has 0 saturated carbocycles. The standard InChI is InChI=1S/C18H22N2O2S.ClH/c1-12-11-20(9-8-19-12)18(21)17-10-16(13(2)23-17)14-4-6-15(22-3)7-5-14;/h4-7,10,12,19H,8-9,11H2,1-3H3;1H. The number of nitrogens with one attached hydrogen (secondary N) is 1. The van der Waals surface area contributed by atoms with Gasteiger partial charge in [-0.15, -0.1) is 23.7 Å². The van der Waals surface area contributed by atoms with Gasteiger partial charge >= 0.3 is 0 Å². The van der Waals surface area contributed by atoms with E-state index in [1.807, 2.05) is 35.2 Å². The van der Waals surface area contributed by atoms with Gasteiger partial charge in [0.2, 0.25) is 0 Å². The number of nitrogens with zero attached hydrogens (tertiary/aromatic N) is 1. The lowest BCUT2D eigenvalue weighted by molar-refractivity contribution is 0.0714. The molecule has 1 aliphatic heterocycles. The smallest absolute Gasteiger partial charge is 0.264 e. The summed E-state index contributed by atoms with van der Waals surface area (Å²) >= 11 is 1.58. The first-order chi connectivity index (χ1) is 11.1. The zero-order valence-corrected chi connectivity index (χ0v) is 15.8. The summed E-state index contributed by atoms with van der Waals surface area (Å²) in [5.41, 5.74) is 2.25. The van der Waals surface area contributed by atoms with Crippen molar-refractivity contribution in [1.29, 1.82) is 0 Å². The molecule has 1 saturated heterocycles. The van der Waals surface area contributed by atoms with Gasteiger partial charge in [-0.2, -0.15) is 0 Å². The van der Waals surface area contributed by atoms with Gasteiger partial charge in [0, 0.05) is 30.6 Å². The molecule has 1 aliphatic rings. The van der Waals surface area contributed by atoms with E-state index in [9.17, 15) is 4.79 Å². The predicted octanol–water partition coefficient (Wildman–Crippen LogP) is 3.59. The van der Waals surface area contributed by atoms with Gasteiger partial charge in [-0.05, 0) is 43.2 Å². The first kappa shape index (κ1) is 18.8. The number of benzene rings is 1. The SMILES string of the molecule is COc1ccc(-c2cc(C(=O)N3CCNC(C)C3)sc2C)cc1.Cl. The number of hydrogen-bond acceptors (Lipinski definition) is 4. The van der Waals surface area contributed by atoms with E-state index in [-0.39, 0.29) is 18.3 Å². The quantitative estimate of drug-likeness (QED) is 0.902. The van der Waals surface area contributed by atoms with Crippen LogP contribution in [0.5, 0.6) is 5.75 Å². The summed E-state index contributed by atoms with van der Waals surface area (Å²) in [5, 5.41) is 3.37. The van der Waals surface area contributed by atoms with Crippen LogP contribution in [-0.2, 0) is 0 Å². The molecule has 1 fully saturated rings. The van der Waals surface area contributed by atoms with Crippen molar-refractivity contribution < 1.29 is 9.53 Å². The number of aryl methyl sites for hydroxylation is 1. The Morgan fingerprint density at radius 3 is 2.67 bits per heavy atom. The summed E-state index contributed by atoms with van der Waals surface area (Å²) < 4.78 is 5.20. The molecule has 1 aromatic heterocycles. The Hall–Kier alpha value is -1.56. The van der Waals surface area contributed by atoms with Gasteiger partial charge in [0.1, 0.15) is 5.75 Å². The van der Waals surface area contributed by atoms with Crippen molar-refractivity contribution in [2.45, 2.75) is 19.9 Å². The maximum Gasteiger partial charge on any atom is 0.264 e. The predicted molar refractivity (Wildman–Crippen MR) is 102 cm³/mol. The molecule has 0 aliphatic carbocycles. The van der Waals surface area contributed by atoms with Crippen LogP contribution < -0.4 is 10.1 Å². The fourth-order valence-electron chi connectivity index (χ4n) is 2.92. The van der Waals surface area contributed by atoms with Crippen LogP contribution in [0.3, 0.4) is 0 Å². The molecule has 1 N–H and O–H groups in total. The third-order valence-corrected chi connectivity index (χ3v) is 5.22. The summed E-state index contributed by atoms with van der Waals surface area (Å²) in [6.45, 7) is 6.59. The molecule has 0 spiro atoms. The highest BCUT2D eigenvalue weighted by atomic mass is 35.5. The van der Waals surface area contributed by atoms with Crippen LogP contribution in [0.25, 0.3) is 11.1 Å². The minimum atomic E-state index is 0. The number of thiophene rings is 1. The Labute approximate surface area is 153 Å². The summed E-state index contributed by atoms with van der Waals surface area (Å²) in [7, 11) is 1.66. The lowest BCUT2D eigenvalue weighted by atomic mass is 10.1. The molecule has 1 unspecified atom stereocenters. The Balaban J connectivity index is 0.00000208. The minimum Gasteiger partial charge on any atom is -0.497 e. The van der Waals surface area contributed by atoms with Crippen LogP contribution in [-0.4, -0.2) is 43.6 Å². The van der Waals surface area contributed by atoms with Gasteiger partial charge in [0.05, 0.1) is 12.0 Å². The highest BCUT2D eigenvalue weighted by molar-refractivity contribution is 7.14. The molecular formula is C18H23ClN2O2S. The van der Waals surface area contributed by atoms with Crippen LogP contribution in [0, 0.1) is 6.92 Å². The second kappa shape index (κ2) is 8.01. The second-order valence-corrected chi connectivity index (χ2v) is 7.17. The molecule has 0 bridgehead atoms. The van der Waals surface area contributed by atoms with E-state index in [0.29, 0.717) is 6.04 Å². The van der Waals surface area contributed by atoms with Crippen molar-refractivity contribution in [2.24, 2.45) is 0 Å². The number of methoxy groups -OCH3 is 1. The summed E-state index contributed by atoms with van der Waals surface area (Å²) in [4.78, 5) is 16.7. The van der Waals surface area contributed by atoms with Gasteiger partial charge < -0.3 is 15.0 Å².